The van der Waals surface area contributed by atoms with Crippen LogP contribution in [0.25, 0.3) is 0 Å². The summed E-state index contributed by atoms with van der Waals surface area (Å²) in [4.78, 5) is 13.5. The fourth-order valence-electron chi connectivity index (χ4n) is 1.70. The van der Waals surface area contributed by atoms with Gasteiger partial charge in [0.25, 0.3) is 5.91 Å². The Kier molecular flexibility index (Phi) is 3.51. The van der Waals surface area contributed by atoms with Crippen molar-refractivity contribution in [1.29, 1.82) is 0 Å². The third-order valence-electron chi connectivity index (χ3n) is 2.59. The Labute approximate surface area is 102 Å². The summed E-state index contributed by atoms with van der Waals surface area (Å²) in [5, 5.41) is 0. The lowest BCUT2D eigenvalue weighted by molar-refractivity contribution is 0.0767. The standard InChI is InChI=1S/C11H12F2N2OS/c12-7-5-8(10(13)9(14)6-7)11(16)15-1-3-17-4-2-15/h5-6H,1-4,14H2. The van der Waals surface area contributed by atoms with Crippen molar-refractivity contribution in [3.63, 3.8) is 0 Å². The Morgan fingerprint density at radius 3 is 2.59 bits per heavy atom. The Hall–Kier alpha value is -1.30. The highest BCUT2D eigenvalue weighted by Gasteiger charge is 2.23. The van der Waals surface area contributed by atoms with Gasteiger partial charge < -0.3 is 10.6 Å². The monoisotopic (exact) mass is 258 g/mol. The van der Waals surface area contributed by atoms with E-state index in [4.69, 9.17) is 5.73 Å². The molecule has 0 bridgehead atoms. The molecule has 1 heterocycles. The number of thioether (sulfide) groups is 1. The summed E-state index contributed by atoms with van der Waals surface area (Å²) in [5.74, 6) is -0.390. The Morgan fingerprint density at radius 2 is 1.94 bits per heavy atom. The summed E-state index contributed by atoms with van der Waals surface area (Å²) >= 11 is 1.74. The van der Waals surface area contributed by atoms with Gasteiger partial charge in [-0.3, -0.25) is 4.79 Å². The zero-order chi connectivity index (χ0) is 12.4. The molecule has 0 aromatic heterocycles. The van der Waals surface area contributed by atoms with Crippen LogP contribution in [0.5, 0.6) is 0 Å². The largest absolute Gasteiger partial charge is 0.396 e. The van der Waals surface area contributed by atoms with Crippen molar-refractivity contribution in [3.8, 4) is 0 Å². The molecule has 6 heteroatoms. The summed E-state index contributed by atoms with van der Waals surface area (Å²) in [5.41, 5.74) is 4.68. The highest BCUT2D eigenvalue weighted by atomic mass is 32.2. The summed E-state index contributed by atoms with van der Waals surface area (Å²) in [7, 11) is 0. The molecule has 1 fully saturated rings. The van der Waals surface area contributed by atoms with Crippen LogP contribution in [0.15, 0.2) is 12.1 Å². The molecule has 0 saturated carbocycles. The van der Waals surface area contributed by atoms with Crippen LogP contribution >= 0.6 is 11.8 Å². The van der Waals surface area contributed by atoms with Crippen LogP contribution in [0, 0.1) is 11.6 Å². The number of rotatable bonds is 1. The topological polar surface area (TPSA) is 46.3 Å². The number of benzene rings is 1. The normalized spacial score (nSPS) is 16.0. The summed E-state index contributed by atoms with van der Waals surface area (Å²) in [6, 6.07) is 1.77. The van der Waals surface area contributed by atoms with Crippen molar-refractivity contribution in [2.75, 3.05) is 30.3 Å². The van der Waals surface area contributed by atoms with Crippen LogP contribution in [-0.2, 0) is 0 Å². The molecule has 0 spiro atoms. The van der Waals surface area contributed by atoms with Crippen LogP contribution in [-0.4, -0.2) is 35.4 Å². The molecule has 1 aromatic carbocycles. The maximum Gasteiger partial charge on any atom is 0.257 e. The number of carbonyl (C=O) groups is 1. The Balaban J connectivity index is 2.29. The van der Waals surface area contributed by atoms with Crippen LogP contribution in [0.1, 0.15) is 10.4 Å². The number of halogens is 2. The van der Waals surface area contributed by atoms with Gasteiger partial charge in [0.05, 0.1) is 11.3 Å². The van der Waals surface area contributed by atoms with E-state index in [2.05, 4.69) is 0 Å². The highest BCUT2D eigenvalue weighted by Crippen LogP contribution is 2.20. The van der Waals surface area contributed by atoms with Crippen molar-refractivity contribution in [1.82, 2.24) is 4.90 Å². The molecule has 0 radical (unpaired) electrons. The summed E-state index contributed by atoms with van der Waals surface area (Å²) in [6.07, 6.45) is 0. The molecule has 0 aliphatic carbocycles. The number of amides is 1. The molecule has 1 saturated heterocycles. The van der Waals surface area contributed by atoms with Crippen molar-refractivity contribution >= 4 is 23.4 Å². The molecule has 3 nitrogen and oxygen atoms in total. The Bertz CT molecular complexity index is 447. The van der Waals surface area contributed by atoms with Gasteiger partial charge in [-0.05, 0) is 12.1 Å². The number of carbonyl (C=O) groups excluding carboxylic acids is 1. The minimum absolute atomic E-state index is 0.283. The number of nitrogens with zero attached hydrogens (tertiary/aromatic N) is 1. The first kappa shape index (κ1) is 12.2. The number of hydrogen-bond donors (Lipinski definition) is 1. The van der Waals surface area contributed by atoms with Crippen LogP contribution in [0.3, 0.4) is 0 Å². The van der Waals surface area contributed by atoms with E-state index in [-0.39, 0.29) is 11.3 Å². The quantitative estimate of drug-likeness (QED) is 0.780. The molecule has 1 aliphatic rings. The van der Waals surface area contributed by atoms with Gasteiger partial charge in [0.2, 0.25) is 0 Å². The van der Waals surface area contributed by atoms with Gasteiger partial charge in [0.15, 0.2) is 5.82 Å². The number of nitrogens with two attached hydrogens (primary N) is 1. The lowest BCUT2D eigenvalue weighted by Crippen LogP contribution is -2.38. The fourth-order valence-corrected chi connectivity index (χ4v) is 2.61. The smallest absolute Gasteiger partial charge is 0.257 e. The van der Waals surface area contributed by atoms with Crippen LogP contribution < -0.4 is 5.73 Å². The highest BCUT2D eigenvalue weighted by molar-refractivity contribution is 7.99. The van der Waals surface area contributed by atoms with Crippen LogP contribution in [0.4, 0.5) is 14.5 Å². The van der Waals surface area contributed by atoms with Gasteiger partial charge in [-0.15, -0.1) is 0 Å². The lowest BCUT2D eigenvalue weighted by Gasteiger charge is -2.26. The maximum atomic E-state index is 13.6. The van der Waals surface area contributed by atoms with E-state index in [9.17, 15) is 13.6 Å². The van der Waals surface area contributed by atoms with Gasteiger partial charge >= 0.3 is 0 Å². The molecular formula is C11H12F2N2OS. The van der Waals surface area contributed by atoms with Crippen LogP contribution in [0.2, 0.25) is 0 Å². The molecule has 2 rings (SSSR count). The summed E-state index contributed by atoms with van der Waals surface area (Å²) in [6.45, 7) is 1.11. The molecule has 17 heavy (non-hydrogen) atoms. The molecule has 2 N–H and O–H groups in total. The van der Waals surface area contributed by atoms with Crippen molar-refractivity contribution in [2.45, 2.75) is 0 Å². The van der Waals surface area contributed by atoms with Crippen molar-refractivity contribution < 1.29 is 13.6 Å². The number of anilines is 1. The predicted molar refractivity (Wildman–Crippen MR) is 64.0 cm³/mol. The average Bonchev–Trinajstić information content (AvgIpc) is 2.34. The second-order valence-electron chi connectivity index (χ2n) is 3.76. The van der Waals surface area contributed by atoms with Gasteiger partial charge in [-0.1, -0.05) is 0 Å². The SMILES string of the molecule is Nc1cc(F)cc(C(=O)N2CCSCC2)c1F. The zero-order valence-electron chi connectivity index (χ0n) is 9.08. The van der Waals surface area contributed by atoms with E-state index in [1.807, 2.05) is 0 Å². The molecule has 92 valence electrons. The van der Waals surface area contributed by atoms with E-state index >= 15 is 0 Å². The molecule has 1 aliphatic heterocycles. The predicted octanol–water partition coefficient (Wildman–Crippen LogP) is 1.74. The van der Waals surface area contributed by atoms with E-state index in [1.54, 1.807) is 11.8 Å². The molecule has 1 aromatic rings. The van der Waals surface area contributed by atoms with Gasteiger partial charge in [0, 0.05) is 24.6 Å². The van der Waals surface area contributed by atoms with Gasteiger partial charge in [-0.2, -0.15) is 11.8 Å². The van der Waals surface area contributed by atoms with E-state index in [1.165, 1.54) is 4.90 Å². The second-order valence-corrected chi connectivity index (χ2v) is 4.99. The molecular weight excluding hydrogens is 246 g/mol. The van der Waals surface area contributed by atoms with Crippen molar-refractivity contribution in [2.24, 2.45) is 0 Å². The first-order chi connectivity index (χ1) is 8.09. The first-order valence-electron chi connectivity index (χ1n) is 5.21. The third kappa shape index (κ3) is 2.52. The van der Waals surface area contributed by atoms with Gasteiger partial charge in [0.1, 0.15) is 5.82 Å². The number of nitrogen functional groups attached to an aromatic ring is 1. The Morgan fingerprint density at radius 1 is 1.29 bits per heavy atom. The van der Waals surface area contributed by atoms with E-state index in [0.717, 1.165) is 23.6 Å². The van der Waals surface area contributed by atoms with Gasteiger partial charge in [-0.25, -0.2) is 8.78 Å². The minimum Gasteiger partial charge on any atom is -0.396 e. The summed E-state index contributed by atoms with van der Waals surface area (Å²) < 4.78 is 26.8. The lowest BCUT2D eigenvalue weighted by atomic mass is 10.1. The molecule has 1 amide bonds. The average molecular weight is 258 g/mol. The first-order valence-corrected chi connectivity index (χ1v) is 6.36. The minimum atomic E-state index is -0.838. The molecule has 0 unspecified atom stereocenters. The van der Waals surface area contributed by atoms with E-state index < -0.39 is 17.5 Å². The van der Waals surface area contributed by atoms with Crippen molar-refractivity contribution in [3.05, 3.63) is 29.3 Å². The zero-order valence-corrected chi connectivity index (χ0v) is 9.90. The second kappa shape index (κ2) is 4.91. The van der Waals surface area contributed by atoms with E-state index in [0.29, 0.717) is 13.1 Å². The maximum absolute atomic E-state index is 13.6. The third-order valence-corrected chi connectivity index (χ3v) is 3.54. The number of hydrogen-bond acceptors (Lipinski definition) is 3. The molecule has 0 atom stereocenters. The fraction of sp³-hybridized carbons (Fsp3) is 0.364.